The molecule has 0 spiro atoms. The van der Waals surface area contributed by atoms with Crippen molar-refractivity contribution in [3.63, 3.8) is 0 Å². The monoisotopic (exact) mass is 502 g/mol. The predicted octanol–water partition coefficient (Wildman–Crippen LogP) is 2.92. The molecule has 1 aromatic carbocycles. The average molecular weight is 503 g/mol. The second kappa shape index (κ2) is 10.5. The number of halogens is 5. The van der Waals surface area contributed by atoms with E-state index >= 15 is 0 Å². The van der Waals surface area contributed by atoms with E-state index in [4.69, 9.17) is 27.9 Å². The molecule has 14 heteroatoms. The molecular formula is C19H20Cl2F3LiN4O4. The first-order chi connectivity index (χ1) is 14.9. The van der Waals surface area contributed by atoms with Gasteiger partial charge < -0.3 is 19.6 Å². The van der Waals surface area contributed by atoms with Gasteiger partial charge in [-0.15, -0.1) is 0 Å². The number of nitrogens with zero attached hydrogens (tertiary/aromatic N) is 4. The number of hydrogen-bond acceptors (Lipinski definition) is 5. The summed E-state index contributed by atoms with van der Waals surface area (Å²) in [5.41, 5.74) is -0.787. The van der Waals surface area contributed by atoms with E-state index in [-0.39, 0.29) is 48.2 Å². The van der Waals surface area contributed by atoms with Gasteiger partial charge in [0.05, 0.1) is 34.1 Å². The Hall–Kier alpha value is -2.06. The minimum absolute atomic E-state index is 0. The molecule has 2 heterocycles. The Morgan fingerprint density at radius 2 is 1.79 bits per heavy atom. The number of carboxylic acids is 1. The normalized spacial score (nSPS) is 14.2. The number of aromatic carboxylic acids is 1. The fourth-order valence-electron chi connectivity index (χ4n) is 3.42. The van der Waals surface area contributed by atoms with E-state index in [2.05, 4.69) is 5.10 Å². The minimum atomic E-state index is -4.72. The van der Waals surface area contributed by atoms with Crippen LogP contribution in [-0.2, 0) is 17.5 Å². The van der Waals surface area contributed by atoms with E-state index in [0.29, 0.717) is 24.5 Å². The molecule has 1 fully saturated rings. The van der Waals surface area contributed by atoms with Crippen molar-refractivity contribution in [2.45, 2.75) is 19.6 Å². The summed E-state index contributed by atoms with van der Waals surface area (Å²) in [4.78, 5) is 27.5. The molecule has 1 aliphatic heterocycles. The Bertz CT molecular complexity index is 1060. The Morgan fingerprint density at radius 1 is 1.18 bits per heavy atom. The van der Waals surface area contributed by atoms with Crippen molar-refractivity contribution in [3.8, 4) is 5.75 Å². The van der Waals surface area contributed by atoms with Gasteiger partial charge in [-0.25, -0.2) is 4.79 Å². The van der Waals surface area contributed by atoms with E-state index in [1.807, 2.05) is 0 Å². The quantitative estimate of drug-likeness (QED) is 0.632. The van der Waals surface area contributed by atoms with Crippen LogP contribution in [0.3, 0.4) is 0 Å². The SMILES string of the molecule is COc1cc(N2CCN(C(=O)Cn3nc(C(F)(F)F)c(Cl)c3C)CC2)c(C(=O)O)cc1Cl.[LiH]. The van der Waals surface area contributed by atoms with Crippen LogP contribution in [0.25, 0.3) is 0 Å². The van der Waals surface area contributed by atoms with E-state index in [9.17, 15) is 27.9 Å². The van der Waals surface area contributed by atoms with Crippen LogP contribution in [0.2, 0.25) is 10.0 Å². The first kappa shape index (κ1) is 27.2. The third kappa shape index (κ3) is 5.72. The summed E-state index contributed by atoms with van der Waals surface area (Å²) in [6.45, 7) is 2.06. The number of piperazine rings is 1. The molecule has 0 saturated carbocycles. The molecule has 1 N–H and O–H groups in total. The molecule has 1 aromatic heterocycles. The van der Waals surface area contributed by atoms with Crippen molar-refractivity contribution in [1.29, 1.82) is 0 Å². The predicted molar refractivity (Wildman–Crippen MR) is 118 cm³/mol. The van der Waals surface area contributed by atoms with Gasteiger partial charge in [-0.1, -0.05) is 23.2 Å². The topological polar surface area (TPSA) is 87.9 Å². The zero-order valence-corrected chi connectivity index (χ0v) is 18.6. The van der Waals surface area contributed by atoms with E-state index in [1.54, 1.807) is 4.90 Å². The fraction of sp³-hybridized carbons (Fsp3) is 0.421. The number of aromatic nitrogens is 2. The molecule has 1 aliphatic rings. The molecular weight excluding hydrogens is 483 g/mol. The van der Waals surface area contributed by atoms with Crippen LogP contribution in [0, 0.1) is 6.92 Å². The van der Waals surface area contributed by atoms with Gasteiger partial charge >= 0.3 is 31.0 Å². The second-order valence-corrected chi connectivity index (χ2v) is 7.87. The number of carbonyl (C=O) groups excluding carboxylic acids is 1. The van der Waals surface area contributed by atoms with Crippen LogP contribution >= 0.6 is 23.2 Å². The van der Waals surface area contributed by atoms with Gasteiger partial charge in [0.15, 0.2) is 5.69 Å². The number of anilines is 1. The number of alkyl halides is 3. The molecule has 176 valence electrons. The van der Waals surface area contributed by atoms with Crippen LogP contribution < -0.4 is 9.64 Å². The summed E-state index contributed by atoms with van der Waals surface area (Å²) in [5, 5.41) is 12.6. The number of hydrogen-bond donors (Lipinski definition) is 1. The van der Waals surface area contributed by atoms with Crippen LogP contribution in [0.4, 0.5) is 18.9 Å². The van der Waals surface area contributed by atoms with Crippen LogP contribution in [0.5, 0.6) is 5.75 Å². The van der Waals surface area contributed by atoms with Crippen molar-refractivity contribution in [1.82, 2.24) is 14.7 Å². The number of rotatable bonds is 5. The third-order valence-corrected chi connectivity index (χ3v) is 5.91. The fourth-order valence-corrected chi connectivity index (χ4v) is 3.90. The van der Waals surface area contributed by atoms with Crippen molar-refractivity contribution in [3.05, 3.63) is 39.1 Å². The Kier molecular flexibility index (Phi) is 8.62. The first-order valence-electron chi connectivity index (χ1n) is 9.37. The van der Waals surface area contributed by atoms with Gasteiger partial charge in [0.2, 0.25) is 5.91 Å². The van der Waals surface area contributed by atoms with Gasteiger partial charge in [-0.3, -0.25) is 9.48 Å². The maximum absolute atomic E-state index is 13.0. The zero-order valence-electron chi connectivity index (χ0n) is 17.0. The molecule has 8 nitrogen and oxygen atoms in total. The summed E-state index contributed by atoms with van der Waals surface area (Å²) < 4.78 is 45.1. The summed E-state index contributed by atoms with van der Waals surface area (Å²) in [5.74, 6) is -1.26. The molecule has 2 aromatic rings. The molecule has 0 aliphatic carbocycles. The average Bonchev–Trinajstić information content (AvgIpc) is 3.02. The Labute approximate surface area is 209 Å². The third-order valence-electron chi connectivity index (χ3n) is 5.16. The Morgan fingerprint density at radius 3 is 2.27 bits per heavy atom. The van der Waals surface area contributed by atoms with Crippen molar-refractivity contribution in [2.75, 3.05) is 38.2 Å². The molecule has 0 radical (unpaired) electrons. The maximum atomic E-state index is 13.0. The summed E-state index contributed by atoms with van der Waals surface area (Å²) >= 11 is 11.8. The van der Waals surface area contributed by atoms with Crippen molar-refractivity contribution in [2.24, 2.45) is 0 Å². The van der Waals surface area contributed by atoms with E-state index in [0.717, 1.165) is 4.68 Å². The molecule has 33 heavy (non-hydrogen) atoms. The van der Waals surface area contributed by atoms with Crippen LogP contribution in [0.1, 0.15) is 21.7 Å². The molecule has 0 atom stereocenters. The van der Waals surface area contributed by atoms with Crippen molar-refractivity contribution < 1.29 is 32.6 Å². The molecule has 3 rings (SSSR count). The second-order valence-electron chi connectivity index (χ2n) is 7.08. The summed E-state index contributed by atoms with van der Waals surface area (Å²) in [7, 11) is 1.41. The summed E-state index contributed by atoms with van der Waals surface area (Å²) in [6, 6.07) is 2.83. The molecule has 1 saturated heterocycles. The number of carbonyl (C=O) groups is 2. The van der Waals surface area contributed by atoms with Gasteiger partial charge in [0, 0.05) is 32.2 Å². The van der Waals surface area contributed by atoms with Gasteiger partial charge in [0.1, 0.15) is 12.3 Å². The number of amides is 1. The summed E-state index contributed by atoms with van der Waals surface area (Å²) in [6.07, 6.45) is -4.72. The van der Waals surface area contributed by atoms with Gasteiger partial charge in [0.25, 0.3) is 0 Å². The molecule has 1 amide bonds. The van der Waals surface area contributed by atoms with Crippen LogP contribution in [-0.4, -0.2) is 83.8 Å². The number of methoxy groups -OCH3 is 1. The number of benzene rings is 1. The van der Waals surface area contributed by atoms with Crippen LogP contribution in [0.15, 0.2) is 12.1 Å². The van der Waals surface area contributed by atoms with Crippen molar-refractivity contribution >= 4 is 59.6 Å². The van der Waals surface area contributed by atoms with E-state index in [1.165, 1.54) is 31.1 Å². The Balaban J connectivity index is 0.00000385. The van der Waals surface area contributed by atoms with Gasteiger partial charge in [-0.2, -0.15) is 18.3 Å². The zero-order chi connectivity index (χ0) is 23.8. The number of ether oxygens (including phenoxy) is 1. The standard InChI is InChI=1S/C19H19Cl2F3N4O4.Li.H/c1-10-16(21)17(19(22,23)24)25-28(10)9-15(29)27-5-3-26(4-6-27)13-8-14(32-2)12(20)7-11(13)18(30)31;;/h7-8H,3-6,9H2,1-2H3,(H,30,31);;. The van der Waals surface area contributed by atoms with Gasteiger partial charge in [-0.05, 0) is 13.0 Å². The molecule has 0 unspecified atom stereocenters. The number of carboxylic acid groups (broad SMARTS) is 1. The first-order valence-corrected chi connectivity index (χ1v) is 10.1. The van der Waals surface area contributed by atoms with E-state index < -0.39 is 35.3 Å². The molecule has 0 bridgehead atoms.